The Morgan fingerprint density at radius 1 is 1.32 bits per heavy atom. The maximum Gasteiger partial charge on any atom is 0.329 e. The van der Waals surface area contributed by atoms with Gasteiger partial charge >= 0.3 is 5.97 Å². The summed E-state index contributed by atoms with van der Waals surface area (Å²) >= 11 is 1.67. The maximum absolute atomic E-state index is 12.8. The van der Waals surface area contributed by atoms with Gasteiger partial charge in [0.15, 0.2) is 6.10 Å². The van der Waals surface area contributed by atoms with Gasteiger partial charge in [-0.05, 0) is 55.5 Å². The minimum atomic E-state index is -1.22. The lowest BCUT2D eigenvalue weighted by atomic mass is 9.92. The third-order valence-electron chi connectivity index (χ3n) is 3.61. The number of hydrogen-bond acceptors (Lipinski definition) is 4. The molecule has 2 rings (SSSR count). The quantitative estimate of drug-likeness (QED) is 0.866. The van der Waals surface area contributed by atoms with Crippen molar-refractivity contribution in [1.29, 1.82) is 0 Å². The van der Waals surface area contributed by atoms with Crippen LogP contribution in [-0.4, -0.2) is 40.1 Å². The molecule has 0 saturated carbocycles. The Morgan fingerprint density at radius 2 is 1.91 bits per heavy atom. The molecule has 120 valence electrons. The predicted molar refractivity (Wildman–Crippen MR) is 81.6 cm³/mol. The van der Waals surface area contributed by atoms with Gasteiger partial charge in [0.25, 0.3) is 5.91 Å². The zero-order valence-corrected chi connectivity index (χ0v) is 13.0. The van der Waals surface area contributed by atoms with Crippen molar-refractivity contribution in [3.63, 3.8) is 0 Å². The molecule has 1 fully saturated rings. The molecule has 2 N–H and O–H groups in total. The maximum atomic E-state index is 12.8. The molecule has 1 unspecified atom stereocenters. The van der Waals surface area contributed by atoms with Gasteiger partial charge in [0.2, 0.25) is 0 Å². The fourth-order valence-electron chi connectivity index (χ4n) is 2.22. The first kappa shape index (κ1) is 16.6. The van der Waals surface area contributed by atoms with Crippen molar-refractivity contribution in [1.82, 2.24) is 5.32 Å². The molecule has 7 heteroatoms. The summed E-state index contributed by atoms with van der Waals surface area (Å²) in [6.07, 6.45) is -0.0828. The highest BCUT2D eigenvalue weighted by Crippen LogP contribution is 2.27. The van der Waals surface area contributed by atoms with E-state index in [1.807, 2.05) is 0 Å². The highest BCUT2D eigenvalue weighted by molar-refractivity contribution is 7.99. The third-order valence-corrected chi connectivity index (χ3v) is 4.60. The number of carbonyl (C=O) groups excluding carboxylic acids is 1. The van der Waals surface area contributed by atoms with Crippen molar-refractivity contribution in [3.8, 4) is 5.75 Å². The van der Waals surface area contributed by atoms with E-state index in [1.165, 1.54) is 31.2 Å². The fourth-order valence-corrected chi connectivity index (χ4v) is 3.41. The second kappa shape index (κ2) is 7.00. The summed E-state index contributed by atoms with van der Waals surface area (Å²) in [5.41, 5.74) is -1.22. The lowest BCUT2D eigenvalue weighted by Gasteiger charge is -2.34. The number of thioether (sulfide) groups is 1. The van der Waals surface area contributed by atoms with Gasteiger partial charge in [0.1, 0.15) is 17.1 Å². The minimum Gasteiger partial charge on any atom is -0.481 e. The lowest BCUT2D eigenvalue weighted by molar-refractivity contribution is -0.149. The van der Waals surface area contributed by atoms with Crippen molar-refractivity contribution in [2.75, 3.05) is 11.5 Å². The number of amides is 1. The molecule has 5 nitrogen and oxygen atoms in total. The van der Waals surface area contributed by atoms with E-state index in [9.17, 15) is 19.1 Å². The summed E-state index contributed by atoms with van der Waals surface area (Å²) in [5, 5.41) is 12.0. The molecule has 0 aromatic heterocycles. The van der Waals surface area contributed by atoms with E-state index in [2.05, 4.69) is 5.32 Å². The summed E-state index contributed by atoms with van der Waals surface area (Å²) in [7, 11) is 0. The Kier molecular flexibility index (Phi) is 5.28. The van der Waals surface area contributed by atoms with Gasteiger partial charge in [-0.15, -0.1) is 0 Å². The fraction of sp³-hybridized carbons (Fsp3) is 0.467. The van der Waals surface area contributed by atoms with Gasteiger partial charge in [-0.3, -0.25) is 4.79 Å². The Morgan fingerprint density at radius 3 is 2.45 bits per heavy atom. The number of halogens is 1. The van der Waals surface area contributed by atoms with Crippen LogP contribution < -0.4 is 10.1 Å². The Balaban J connectivity index is 2.00. The van der Waals surface area contributed by atoms with E-state index < -0.39 is 29.3 Å². The summed E-state index contributed by atoms with van der Waals surface area (Å²) < 4.78 is 18.2. The zero-order chi connectivity index (χ0) is 16.2. The minimum absolute atomic E-state index is 0.354. The van der Waals surface area contributed by atoms with E-state index >= 15 is 0 Å². The van der Waals surface area contributed by atoms with Crippen LogP contribution in [0.25, 0.3) is 0 Å². The van der Waals surface area contributed by atoms with Crippen molar-refractivity contribution in [2.24, 2.45) is 0 Å². The van der Waals surface area contributed by atoms with E-state index in [0.29, 0.717) is 30.1 Å². The van der Waals surface area contributed by atoms with Crippen LogP contribution in [0, 0.1) is 5.82 Å². The average Bonchev–Trinajstić information content (AvgIpc) is 2.50. The van der Waals surface area contributed by atoms with E-state index in [0.717, 1.165) is 0 Å². The van der Waals surface area contributed by atoms with E-state index in [4.69, 9.17) is 4.74 Å². The molecule has 1 saturated heterocycles. The van der Waals surface area contributed by atoms with Crippen LogP contribution in [0.4, 0.5) is 4.39 Å². The number of rotatable bonds is 5. The third kappa shape index (κ3) is 3.91. The first-order valence-corrected chi connectivity index (χ1v) is 8.14. The largest absolute Gasteiger partial charge is 0.481 e. The molecular weight excluding hydrogens is 309 g/mol. The Labute approximate surface area is 132 Å². The summed E-state index contributed by atoms with van der Waals surface area (Å²) in [6.45, 7) is 1.53. The number of ether oxygens (including phenoxy) is 1. The molecular formula is C15H18FNO4S. The molecule has 1 atom stereocenters. The Bertz CT molecular complexity index is 543. The first-order valence-electron chi connectivity index (χ1n) is 6.98. The molecule has 0 aliphatic carbocycles. The van der Waals surface area contributed by atoms with Gasteiger partial charge < -0.3 is 15.2 Å². The molecule has 0 bridgehead atoms. The number of carboxylic acids is 1. The van der Waals surface area contributed by atoms with E-state index in [1.54, 1.807) is 11.8 Å². The number of carbonyl (C=O) groups is 2. The van der Waals surface area contributed by atoms with Crippen molar-refractivity contribution in [3.05, 3.63) is 30.1 Å². The monoisotopic (exact) mass is 327 g/mol. The van der Waals surface area contributed by atoms with Gasteiger partial charge in [0, 0.05) is 0 Å². The molecule has 1 aromatic rings. The SMILES string of the molecule is CC(Oc1ccc(F)cc1)C(=O)NC1(C(=O)O)CCSCC1. The van der Waals surface area contributed by atoms with Crippen molar-refractivity contribution >= 4 is 23.6 Å². The van der Waals surface area contributed by atoms with Crippen molar-refractivity contribution < 1.29 is 23.8 Å². The van der Waals surface area contributed by atoms with Gasteiger partial charge in [-0.1, -0.05) is 0 Å². The smallest absolute Gasteiger partial charge is 0.329 e. The topological polar surface area (TPSA) is 75.6 Å². The first-order chi connectivity index (χ1) is 10.4. The van der Waals surface area contributed by atoms with E-state index in [-0.39, 0.29) is 0 Å². The van der Waals surface area contributed by atoms with Gasteiger partial charge in [-0.25, -0.2) is 9.18 Å². The number of hydrogen-bond donors (Lipinski definition) is 2. The molecule has 0 radical (unpaired) electrons. The molecule has 1 amide bonds. The molecule has 0 spiro atoms. The highest BCUT2D eigenvalue weighted by Gasteiger charge is 2.42. The molecule has 1 aliphatic heterocycles. The number of nitrogens with one attached hydrogen (secondary N) is 1. The molecule has 1 aliphatic rings. The normalized spacial score (nSPS) is 18.3. The second-order valence-corrected chi connectivity index (χ2v) is 6.43. The van der Waals surface area contributed by atoms with Crippen LogP contribution in [0.1, 0.15) is 19.8 Å². The van der Waals surface area contributed by atoms with Crippen LogP contribution >= 0.6 is 11.8 Å². The number of aliphatic carboxylic acids is 1. The summed E-state index contributed by atoms with van der Waals surface area (Å²) in [6, 6.07) is 5.31. The molecule has 22 heavy (non-hydrogen) atoms. The Hall–Kier alpha value is -1.76. The van der Waals surface area contributed by atoms with Crippen LogP contribution in [0.15, 0.2) is 24.3 Å². The highest BCUT2D eigenvalue weighted by atomic mass is 32.2. The summed E-state index contributed by atoms with van der Waals surface area (Å²) in [5.74, 6) is -0.157. The summed E-state index contributed by atoms with van der Waals surface area (Å²) in [4.78, 5) is 23.7. The van der Waals surface area contributed by atoms with Crippen LogP contribution in [-0.2, 0) is 9.59 Å². The standard InChI is InChI=1S/C15H18FNO4S/c1-10(21-12-4-2-11(16)3-5-12)13(18)17-15(14(19)20)6-8-22-9-7-15/h2-5,10H,6-9H2,1H3,(H,17,18)(H,19,20). The lowest BCUT2D eigenvalue weighted by Crippen LogP contribution is -2.58. The van der Waals surface area contributed by atoms with Crippen LogP contribution in [0.2, 0.25) is 0 Å². The molecule has 1 heterocycles. The van der Waals surface area contributed by atoms with Crippen LogP contribution in [0.5, 0.6) is 5.75 Å². The molecule has 1 aromatic carbocycles. The second-order valence-electron chi connectivity index (χ2n) is 5.20. The predicted octanol–water partition coefficient (Wildman–Crippen LogP) is 2.06. The van der Waals surface area contributed by atoms with Crippen molar-refractivity contribution in [2.45, 2.75) is 31.4 Å². The number of benzene rings is 1. The zero-order valence-electron chi connectivity index (χ0n) is 12.2. The van der Waals surface area contributed by atoms with Gasteiger partial charge in [0.05, 0.1) is 0 Å². The van der Waals surface area contributed by atoms with Gasteiger partial charge in [-0.2, -0.15) is 11.8 Å². The van der Waals surface area contributed by atoms with Crippen LogP contribution in [0.3, 0.4) is 0 Å². The number of carboxylic acid groups (broad SMARTS) is 1. The average molecular weight is 327 g/mol.